The van der Waals surface area contributed by atoms with E-state index in [1.165, 1.54) is 0 Å². The van der Waals surface area contributed by atoms with Gasteiger partial charge in [0.25, 0.3) is 5.56 Å². The standard InChI is InChI=1S/C11H18N5O14P3/c1-11(2-27-32(23,24)30-33(25,26)29-31(20,21)22)6(18)5(17)9(28-11)16-3-13-4-7(16)14-10(12)15-8(4)19/h3,5-6,9,17-18H,2H2,1H3,(H,23,24)(H,25,26)(H2,20,21,22)(H3,12,14,15,19)/t5?,6?,9-,11-/m1/s1. The van der Waals surface area contributed by atoms with Gasteiger partial charge in [0, 0.05) is 0 Å². The highest BCUT2D eigenvalue weighted by atomic mass is 31.3. The fraction of sp³-hybridized carbons (Fsp3) is 0.545. The zero-order chi connectivity index (χ0) is 25.0. The zero-order valence-electron chi connectivity index (χ0n) is 16.2. The van der Waals surface area contributed by atoms with E-state index in [4.69, 9.17) is 20.3 Å². The van der Waals surface area contributed by atoms with Crippen LogP contribution >= 0.6 is 23.5 Å². The van der Waals surface area contributed by atoms with Crippen LogP contribution in [-0.2, 0) is 31.6 Å². The molecule has 1 fully saturated rings. The van der Waals surface area contributed by atoms with Gasteiger partial charge in [0.1, 0.15) is 17.8 Å². The van der Waals surface area contributed by atoms with Gasteiger partial charge >= 0.3 is 23.5 Å². The van der Waals surface area contributed by atoms with Crippen LogP contribution in [0.3, 0.4) is 0 Å². The van der Waals surface area contributed by atoms with Gasteiger partial charge in [-0.15, -0.1) is 0 Å². The Morgan fingerprint density at radius 2 is 1.85 bits per heavy atom. The molecule has 4 unspecified atom stereocenters. The third-order valence-corrected chi connectivity index (χ3v) is 8.07. The molecule has 3 rings (SSSR count). The minimum Gasteiger partial charge on any atom is -0.387 e. The first-order valence-electron chi connectivity index (χ1n) is 8.48. The smallest absolute Gasteiger partial charge is 0.387 e. The number of fused-ring (bicyclic) bond motifs is 1. The maximum Gasteiger partial charge on any atom is 0.490 e. The lowest BCUT2D eigenvalue weighted by molar-refractivity contribution is -0.113. The summed E-state index contributed by atoms with van der Waals surface area (Å²) >= 11 is 0. The number of aliphatic hydroxyl groups is 2. The number of anilines is 1. The van der Waals surface area contributed by atoms with Crippen LogP contribution in [0, 0.1) is 0 Å². The molecule has 1 aliphatic heterocycles. The molecule has 6 atom stereocenters. The lowest BCUT2D eigenvalue weighted by atomic mass is 9.99. The average molecular weight is 537 g/mol. The molecule has 0 aliphatic carbocycles. The number of hydrogen-bond donors (Lipinski definition) is 8. The van der Waals surface area contributed by atoms with Crippen LogP contribution in [0.25, 0.3) is 11.2 Å². The van der Waals surface area contributed by atoms with Gasteiger partial charge in [0.05, 0.1) is 12.9 Å². The summed E-state index contributed by atoms with van der Waals surface area (Å²) in [6.07, 6.45) is -3.92. The number of nitrogen functional groups attached to an aromatic ring is 1. The molecule has 0 aromatic carbocycles. The lowest BCUT2D eigenvalue weighted by Gasteiger charge is -2.28. The predicted molar refractivity (Wildman–Crippen MR) is 103 cm³/mol. The number of hydrogen-bond acceptors (Lipinski definition) is 13. The molecular weight excluding hydrogens is 519 g/mol. The second-order valence-corrected chi connectivity index (χ2v) is 11.3. The molecule has 33 heavy (non-hydrogen) atoms. The highest BCUT2D eigenvalue weighted by Gasteiger charge is 2.54. The summed E-state index contributed by atoms with van der Waals surface area (Å²) in [4.78, 5) is 57.7. The number of H-pyrrole nitrogens is 1. The third kappa shape index (κ3) is 5.75. The van der Waals surface area contributed by atoms with Gasteiger partial charge in [-0.1, -0.05) is 0 Å². The molecule has 1 saturated heterocycles. The molecule has 0 bridgehead atoms. The normalized spacial score (nSPS) is 29.7. The molecule has 0 saturated carbocycles. The largest absolute Gasteiger partial charge is 0.490 e. The summed E-state index contributed by atoms with van der Waals surface area (Å²) in [5, 5.41) is 20.8. The average Bonchev–Trinajstić information content (AvgIpc) is 3.12. The molecular formula is C11H18N5O14P3. The molecule has 1 aliphatic rings. The summed E-state index contributed by atoms with van der Waals surface area (Å²) in [5.74, 6) is -0.280. The molecule has 3 heterocycles. The minimum atomic E-state index is -5.75. The number of ether oxygens (including phenoxy) is 1. The van der Waals surface area contributed by atoms with E-state index < -0.39 is 59.7 Å². The van der Waals surface area contributed by atoms with Crippen molar-refractivity contribution < 1.29 is 61.4 Å². The van der Waals surface area contributed by atoms with Crippen molar-refractivity contribution in [1.29, 1.82) is 0 Å². The Balaban J connectivity index is 1.79. The Morgan fingerprint density at radius 1 is 1.21 bits per heavy atom. The Labute approximate surface area is 182 Å². The fourth-order valence-electron chi connectivity index (χ4n) is 2.92. The number of nitrogens with two attached hydrogens (primary N) is 1. The Hall–Kier alpha value is -1.56. The summed E-state index contributed by atoms with van der Waals surface area (Å²) < 4.78 is 52.3. The fourth-order valence-corrected chi connectivity index (χ4v) is 6.03. The quantitative estimate of drug-likeness (QED) is 0.170. The molecule has 2 aromatic rings. The van der Waals surface area contributed by atoms with E-state index in [2.05, 4.69) is 28.1 Å². The number of rotatable bonds is 8. The van der Waals surface area contributed by atoms with Crippen LogP contribution in [0.2, 0.25) is 0 Å². The zero-order valence-corrected chi connectivity index (χ0v) is 18.9. The molecule has 22 heteroatoms. The maximum absolute atomic E-state index is 11.9. The lowest BCUT2D eigenvalue weighted by Crippen LogP contribution is -2.44. The molecule has 0 radical (unpaired) electrons. The number of imidazole rings is 1. The molecule has 2 aromatic heterocycles. The summed E-state index contributed by atoms with van der Waals surface area (Å²) in [7, 11) is -16.9. The van der Waals surface area contributed by atoms with E-state index >= 15 is 0 Å². The highest BCUT2D eigenvalue weighted by Crippen LogP contribution is 2.66. The van der Waals surface area contributed by atoms with E-state index in [0.717, 1.165) is 17.8 Å². The molecule has 0 spiro atoms. The molecule has 19 nitrogen and oxygen atoms in total. The van der Waals surface area contributed by atoms with Crippen LogP contribution in [0.1, 0.15) is 13.2 Å². The first kappa shape index (κ1) is 26.1. The van der Waals surface area contributed by atoms with E-state index in [9.17, 15) is 38.5 Å². The van der Waals surface area contributed by atoms with Crippen LogP contribution < -0.4 is 11.3 Å². The van der Waals surface area contributed by atoms with Gasteiger partial charge in [-0.25, -0.2) is 18.7 Å². The number of nitrogens with zero attached hydrogens (tertiary/aromatic N) is 3. The van der Waals surface area contributed by atoms with Crippen LogP contribution in [-0.4, -0.2) is 73.7 Å². The second-order valence-electron chi connectivity index (χ2n) is 6.90. The Kier molecular flexibility index (Phi) is 6.78. The van der Waals surface area contributed by atoms with Crippen molar-refractivity contribution >= 4 is 40.6 Å². The van der Waals surface area contributed by atoms with Crippen molar-refractivity contribution in [3.8, 4) is 0 Å². The summed E-state index contributed by atoms with van der Waals surface area (Å²) in [6.45, 7) is 0.0769. The van der Waals surface area contributed by atoms with Crippen molar-refractivity contribution in [3.05, 3.63) is 16.7 Å². The molecule has 186 valence electrons. The van der Waals surface area contributed by atoms with E-state index in [1.54, 1.807) is 0 Å². The van der Waals surface area contributed by atoms with Crippen LogP contribution in [0.15, 0.2) is 11.1 Å². The van der Waals surface area contributed by atoms with E-state index in [1.807, 2.05) is 0 Å². The van der Waals surface area contributed by atoms with Gasteiger partial charge in [-0.2, -0.15) is 13.6 Å². The monoisotopic (exact) mass is 537 g/mol. The van der Waals surface area contributed by atoms with E-state index in [-0.39, 0.29) is 17.1 Å². The summed E-state index contributed by atoms with van der Waals surface area (Å²) in [5.41, 5.74) is 2.55. The van der Waals surface area contributed by atoms with Crippen molar-refractivity contribution in [2.24, 2.45) is 0 Å². The van der Waals surface area contributed by atoms with Gasteiger partial charge in [-0.05, 0) is 6.92 Å². The van der Waals surface area contributed by atoms with Crippen molar-refractivity contribution in [2.45, 2.75) is 31.0 Å². The highest BCUT2D eigenvalue weighted by molar-refractivity contribution is 7.66. The SMILES string of the molecule is C[C@]1(COP(=O)(O)OP(=O)(O)OP(=O)(O)O)O[C@@H](n2cnc3c(=O)[nH]c(N)nc32)C(O)C1O. The van der Waals surface area contributed by atoms with Gasteiger partial charge in [-0.3, -0.25) is 18.9 Å². The third-order valence-electron chi connectivity index (χ3n) is 4.29. The van der Waals surface area contributed by atoms with Crippen molar-refractivity contribution in [3.63, 3.8) is 0 Å². The Bertz CT molecular complexity index is 1260. The van der Waals surface area contributed by atoms with Crippen LogP contribution in [0.4, 0.5) is 5.95 Å². The second kappa shape index (κ2) is 8.58. The Morgan fingerprint density at radius 3 is 2.45 bits per heavy atom. The van der Waals surface area contributed by atoms with Crippen LogP contribution in [0.5, 0.6) is 0 Å². The number of aromatic amines is 1. The predicted octanol–water partition coefficient (Wildman–Crippen LogP) is -1.95. The first-order valence-corrected chi connectivity index (χ1v) is 13.0. The van der Waals surface area contributed by atoms with Gasteiger partial charge in [0.2, 0.25) is 5.95 Å². The number of phosphoric acid groups is 3. The molecule has 9 N–H and O–H groups in total. The van der Waals surface area contributed by atoms with Gasteiger partial charge < -0.3 is 40.3 Å². The van der Waals surface area contributed by atoms with Gasteiger partial charge in [0.15, 0.2) is 17.4 Å². The number of phosphoric ester groups is 1. The number of aliphatic hydroxyl groups excluding tert-OH is 2. The first-order chi connectivity index (χ1) is 14.9. The minimum absolute atomic E-state index is 0.121. The van der Waals surface area contributed by atoms with Crippen molar-refractivity contribution in [2.75, 3.05) is 12.3 Å². The van der Waals surface area contributed by atoms with Crippen molar-refractivity contribution in [1.82, 2.24) is 19.5 Å². The number of aromatic nitrogens is 4. The topological polar surface area (TPSA) is 299 Å². The number of nitrogens with one attached hydrogen (secondary N) is 1. The maximum atomic E-state index is 11.9. The molecule has 0 amide bonds. The van der Waals surface area contributed by atoms with E-state index in [0.29, 0.717) is 0 Å². The summed E-state index contributed by atoms with van der Waals surface area (Å²) in [6, 6.07) is 0.